The zero-order valence-electron chi connectivity index (χ0n) is 33.9. The number of carbonyl (C=O) groups is 5. The van der Waals surface area contributed by atoms with Crippen molar-refractivity contribution >= 4 is 51.9 Å². The lowest BCUT2D eigenvalue weighted by molar-refractivity contribution is -0.155. The van der Waals surface area contributed by atoms with Crippen LogP contribution in [0, 0.1) is 17.2 Å². The lowest BCUT2D eigenvalue weighted by Gasteiger charge is -2.41. The van der Waals surface area contributed by atoms with Gasteiger partial charge in [-0.05, 0) is 118 Å². The van der Waals surface area contributed by atoms with Crippen molar-refractivity contribution in [3.63, 3.8) is 0 Å². The molecule has 5 aliphatic rings. The average molecular weight is 825 g/mol. The molecule has 9 rings (SSSR count). The number of nitriles is 1. The van der Waals surface area contributed by atoms with Crippen molar-refractivity contribution in [1.82, 2.24) is 29.9 Å². The Morgan fingerprint density at radius 3 is 2.30 bits per heavy atom. The van der Waals surface area contributed by atoms with Gasteiger partial charge in [0.15, 0.2) is 11.5 Å². The number of piperidine rings is 2. The second-order valence-electron chi connectivity index (χ2n) is 16.7. The zero-order chi connectivity index (χ0) is 42.2. The molecule has 4 aliphatic heterocycles. The predicted octanol–water partition coefficient (Wildman–Crippen LogP) is 3.93. The van der Waals surface area contributed by atoms with Crippen LogP contribution in [0.4, 0.5) is 11.5 Å². The van der Waals surface area contributed by atoms with E-state index in [0.29, 0.717) is 54.0 Å². The number of hydrogen-bond acceptors (Lipinski definition) is 13. The van der Waals surface area contributed by atoms with Gasteiger partial charge in [0.2, 0.25) is 5.91 Å². The van der Waals surface area contributed by atoms with Gasteiger partial charge >= 0.3 is 0 Å². The zero-order valence-corrected chi connectivity index (χ0v) is 33.9. The third-order valence-corrected chi connectivity index (χ3v) is 13.2. The molecule has 61 heavy (non-hydrogen) atoms. The van der Waals surface area contributed by atoms with Crippen molar-refractivity contribution in [3.05, 3.63) is 83.2 Å². The first-order chi connectivity index (χ1) is 29.7. The Labute approximate surface area is 353 Å². The number of rotatable bonds is 10. The number of aromatic nitrogens is 3. The first-order valence-corrected chi connectivity index (χ1v) is 21.3. The number of hydrogen-bond donors (Lipinski definition) is 1. The van der Waals surface area contributed by atoms with E-state index < -0.39 is 29.7 Å². The molecule has 1 unspecified atom stereocenters. The summed E-state index contributed by atoms with van der Waals surface area (Å²) in [5.74, 6) is -0.325. The lowest BCUT2D eigenvalue weighted by atomic mass is 9.89. The molecule has 2 aromatic carbocycles. The minimum atomic E-state index is -1.04. The molecule has 16 nitrogen and oxygen atoms in total. The summed E-state index contributed by atoms with van der Waals surface area (Å²) < 4.78 is 6.38. The number of ether oxygens (including phenoxy) is 1. The number of fused-ring (bicyclic) bond motifs is 2. The van der Waals surface area contributed by atoms with E-state index in [1.165, 1.54) is 4.90 Å². The van der Waals surface area contributed by atoms with Crippen LogP contribution < -0.4 is 20.3 Å². The van der Waals surface area contributed by atoms with Crippen LogP contribution >= 0.6 is 0 Å². The highest BCUT2D eigenvalue weighted by atomic mass is 16.5. The minimum Gasteiger partial charge on any atom is -0.490 e. The average Bonchev–Trinajstić information content (AvgIpc) is 3.54. The normalized spacial score (nSPS) is 22.8. The molecule has 4 fully saturated rings. The largest absolute Gasteiger partial charge is 0.490 e. The topological polar surface area (TPSA) is 199 Å². The number of likely N-dealkylation sites (tertiary alicyclic amines) is 1. The van der Waals surface area contributed by atoms with Crippen LogP contribution in [0.3, 0.4) is 0 Å². The first kappa shape index (κ1) is 40.0. The van der Waals surface area contributed by atoms with Crippen LogP contribution in [0.15, 0.2) is 60.8 Å². The number of imide groups is 2. The van der Waals surface area contributed by atoms with Crippen molar-refractivity contribution in [3.8, 4) is 11.8 Å². The Hall–Kier alpha value is -6.47. The highest BCUT2D eigenvalue weighted by Gasteiger charge is 2.49. The van der Waals surface area contributed by atoms with E-state index in [-0.39, 0.29) is 42.2 Å². The summed E-state index contributed by atoms with van der Waals surface area (Å²) in [4.78, 5) is 80.2. The Balaban J connectivity index is 0.766. The van der Waals surface area contributed by atoms with Gasteiger partial charge in [0.1, 0.15) is 17.9 Å². The van der Waals surface area contributed by atoms with E-state index in [1.54, 1.807) is 48.7 Å². The quantitative estimate of drug-likeness (QED) is 0.226. The number of amides is 5. The maximum atomic E-state index is 14.1. The molecule has 4 aromatic rings. The summed E-state index contributed by atoms with van der Waals surface area (Å²) in [7, 11) is 0. The third kappa shape index (κ3) is 7.85. The molecular weight excluding hydrogens is 777 g/mol. The molecule has 314 valence electrons. The van der Waals surface area contributed by atoms with Gasteiger partial charge in [0, 0.05) is 69.0 Å². The second kappa shape index (κ2) is 16.9. The second-order valence-corrected chi connectivity index (χ2v) is 16.7. The smallest absolute Gasteiger partial charge is 0.269 e. The van der Waals surface area contributed by atoms with Crippen LogP contribution in [-0.2, 0) is 9.59 Å². The monoisotopic (exact) mass is 824 g/mol. The van der Waals surface area contributed by atoms with Gasteiger partial charge in [-0.25, -0.2) is 0 Å². The molecule has 1 saturated carbocycles. The standard InChI is InChI=1S/C45H48N10O6/c46-27-29-3-12-38(34-2-1-18-48-41(29)34)61-32-7-4-30(5-8-32)54-40(56)14-11-37(45(54)60)55-43(58)33-9-6-31(26-35(33)44(55)59)52-24-22-51(23-25-52)19-15-28-16-20-53(21-17-28)39-13-10-36(42(47)57)49-50-39/h1-3,6,9-10,12-13,18,26,28,30,32,37H,4-5,7-8,11,14-17,19-25H2,(H2,47,57). The fraction of sp³-hybridized carbons (Fsp3) is 0.444. The SMILES string of the molecule is N#Cc1ccc(OC2CCC(N3C(=O)CCC(N4C(=O)c5ccc(N6CCN(CCC7CCN(c8ccc(C(N)=O)nn8)CC7)CC6)cc5C4=O)C3=O)CC2)c2cccnc12. The van der Waals surface area contributed by atoms with Gasteiger partial charge in [-0.3, -0.25) is 43.7 Å². The van der Waals surface area contributed by atoms with E-state index >= 15 is 0 Å². The van der Waals surface area contributed by atoms with Gasteiger partial charge < -0.3 is 20.3 Å². The molecular formula is C45H48N10O6. The Morgan fingerprint density at radius 2 is 1.57 bits per heavy atom. The molecule has 0 bridgehead atoms. The van der Waals surface area contributed by atoms with Gasteiger partial charge in [0.25, 0.3) is 23.6 Å². The third-order valence-electron chi connectivity index (χ3n) is 13.2. The summed E-state index contributed by atoms with van der Waals surface area (Å²) in [5, 5.41) is 18.4. The molecule has 0 radical (unpaired) electrons. The molecule has 2 N–H and O–H groups in total. The summed E-state index contributed by atoms with van der Waals surface area (Å²) >= 11 is 0. The van der Waals surface area contributed by atoms with E-state index in [4.69, 9.17) is 10.5 Å². The van der Waals surface area contributed by atoms with Crippen molar-refractivity contribution < 1.29 is 28.7 Å². The van der Waals surface area contributed by atoms with Crippen molar-refractivity contribution in [2.24, 2.45) is 11.7 Å². The van der Waals surface area contributed by atoms with Crippen molar-refractivity contribution in [2.75, 3.05) is 55.6 Å². The molecule has 2 aromatic heterocycles. The Bertz CT molecular complexity index is 2410. The molecule has 1 aliphatic carbocycles. The minimum absolute atomic E-state index is 0.0719. The van der Waals surface area contributed by atoms with Crippen molar-refractivity contribution in [2.45, 2.75) is 76.0 Å². The maximum Gasteiger partial charge on any atom is 0.269 e. The number of pyridine rings is 1. The summed E-state index contributed by atoms with van der Waals surface area (Å²) in [6.45, 7) is 6.13. The first-order valence-electron chi connectivity index (χ1n) is 21.3. The van der Waals surface area contributed by atoms with Gasteiger partial charge in [-0.15, -0.1) is 10.2 Å². The fourth-order valence-corrected chi connectivity index (χ4v) is 9.75. The van der Waals surface area contributed by atoms with E-state index in [1.807, 2.05) is 12.1 Å². The lowest BCUT2D eigenvalue weighted by Crippen LogP contribution is -2.59. The van der Waals surface area contributed by atoms with Gasteiger partial charge in [-0.1, -0.05) is 0 Å². The highest BCUT2D eigenvalue weighted by molar-refractivity contribution is 6.23. The Morgan fingerprint density at radius 1 is 0.803 bits per heavy atom. The molecule has 5 amide bonds. The van der Waals surface area contributed by atoms with Crippen LogP contribution in [-0.4, -0.2) is 123 Å². The van der Waals surface area contributed by atoms with E-state index in [2.05, 4.69) is 36.0 Å². The van der Waals surface area contributed by atoms with Gasteiger partial charge in [-0.2, -0.15) is 5.26 Å². The summed E-state index contributed by atoms with van der Waals surface area (Å²) in [5.41, 5.74) is 7.96. The molecule has 0 spiro atoms. The number of primary amides is 1. The molecule has 3 saturated heterocycles. The van der Waals surface area contributed by atoms with E-state index in [9.17, 15) is 29.2 Å². The summed E-state index contributed by atoms with van der Waals surface area (Å²) in [6, 6.07) is 16.7. The molecule has 1 atom stereocenters. The van der Waals surface area contributed by atoms with Gasteiger partial charge in [0.05, 0.1) is 28.3 Å². The highest BCUT2D eigenvalue weighted by Crippen LogP contribution is 2.36. The Kier molecular flexibility index (Phi) is 11.1. The molecule has 6 heterocycles. The number of carbonyl (C=O) groups excluding carboxylic acids is 5. The number of anilines is 2. The summed E-state index contributed by atoms with van der Waals surface area (Å²) in [6.07, 6.45) is 7.18. The fourth-order valence-electron chi connectivity index (χ4n) is 9.75. The number of nitrogens with two attached hydrogens (primary N) is 1. The number of piperazine rings is 1. The van der Waals surface area contributed by atoms with E-state index in [0.717, 1.165) is 86.9 Å². The number of nitrogens with zero attached hydrogens (tertiary/aromatic N) is 9. The van der Waals surface area contributed by atoms with Crippen LogP contribution in [0.2, 0.25) is 0 Å². The number of benzene rings is 2. The van der Waals surface area contributed by atoms with Crippen molar-refractivity contribution in [1.29, 1.82) is 5.26 Å². The maximum absolute atomic E-state index is 14.1. The van der Waals surface area contributed by atoms with Crippen LogP contribution in [0.5, 0.6) is 5.75 Å². The molecule has 16 heteroatoms. The predicted molar refractivity (Wildman–Crippen MR) is 224 cm³/mol. The van der Waals surface area contributed by atoms with Crippen LogP contribution in [0.1, 0.15) is 94.6 Å². The van der Waals surface area contributed by atoms with Crippen LogP contribution in [0.25, 0.3) is 10.9 Å².